The molecule has 2 aromatic rings. The average molecular weight is 482 g/mol. The van der Waals surface area contributed by atoms with Gasteiger partial charge in [-0.1, -0.05) is 15.9 Å². The van der Waals surface area contributed by atoms with Crippen molar-refractivity contribution in [2.45, 2.75) is 12.5 Å². The van der Waals surface area contributed by atoms with Gasteiger partial charge in [-0.15, -0.1) is 11.3 Å². The van der Waals surface area contributed by atoms with E-state index < -0.39 is 0 Å². The van der Waals surface area contributed by atoms with Crippen molar-refractivity contribution >= 4 is 59.1 Å². The quantitative estimate of drug-likeness (QED) is 0.644. The smallest absolute Gasteiger partial charge is 0.127 e. The third kappa shape index (κ3) is 2.73. The van der Waals surface area contributed by atoms with Gasteiger partial charge in [-0.3, -0.25) is 0 Å². The molecule has 0 amide bonds. The Labute approximate surface area is 147 Å². The number of nitrogens with one attached hydrogen (secondary N) is 1. The van der Waals surface area contributed by atoms with Crippen LogP contribution in [0.25, 0.3) is 0 Å². The summed E-state index contributed by atoms with van der Waals surface area (Å²) in [5.74, 6) is 1.04. The SMILES string of the molecule is CNC(c1cc(Br)c(Br)s1)c1cc(Br)cc2c1OCC2. The normalized spacial score (nSPS) is 15.0. The van der Waals surface area contributed by atoms with Crippen LogP contribution >= 0.6 is 59.1 Å². The fourth-order valence-electron chi connectivity index (χ4n) is 2.47. The van der Waals surface area contributed by atoms with Crippen molar-refractivity contribution in [2.24, 2.45) is 0 Å². The van der Waals surface area contributed by atoms with Gasteiger partial charge < -0.3 is 10.1 Å². The van der Waals surface area contributed by atoms with E-state index in [1.807, 2.05) is 7.05 Å². The highest BCUT2D eigenvalue weighted by Crippen LogP contribution is 2.42. The van der Waals surface area contributed by atoms with Gasteiger partial charge in [0.05, 0.1) is 16.4 Å². The Hall–Kier alpha value is 0.120. The zero-order chi connectivity index (χ0) is 14.3. The van der Waals surface area contributed by atoms with Crippen LogP contribution in [0.4, 0.5) is 0 Å². The number of benzene rings is 1. The Balaban J connectivity index is 2.10. The van der Waals surface area contributed by atoms with E-state index in [0.717, 1.165) is 31.5 Å². The molecule has 0 bridgehead atoms. The van der Waals surface area contributed by atoms with E-state index in [1.165, 1.54) is 16.0 Å². The Kier molecular flexibility index (Phi) is 4.57. The second-order valence-corrected chi connectivity index (χ2v) is 8.75. The number of hydrogen-bond donors (Lipinski definition) is 1. The molecule has 6 heteroatoms. The highest BCUT2D eigenvalue weighted by atomic mass is 79.9. The maximum atomic E-state index is 5.85. The summed E-state index contributed by atoms with van der Waals surface area (Å²) in [6, 6.07) is 6.58. The van der Waals surface area contributed by atoms with Crippen molar-refractivity contribution in [3.05, 3.63) is 46.9 Å². The number of halogens is 3. The Morgan fingerprint density at radius 1 is 1.25 bits per heavy atom. The van der Waals surface area contributed by atoms with E-state index in [9.17, 15) is 0 Å². The van der Waals surface area contributed by atoms with E-state index >= 15 is 0 Å². The lowest BCUT2D eigenvalue weighted by Gasteiger charge is -2.18. The lowest BCUT2D eigenvalue weighted by molar-refractivity contribution is 0.351. The molecule has 106 valence electrons. The van der Waals surface area contributed by atoms with Gasteiger partial charge in [-0.25, -0.2) is 0 Å². The highest BCUT2D eigenvalue weighted by molar-refractivity contribution is 9.13. The van der Waals surface area contributed by atoms with Crippen LogP contribution < -0.4 is 10.1 Å². The first-order valence-corrected chi connectivity index (χ1v) is 9.37. The lowest BCUT2D eigenvalue weighted by atomic mass is 10.0. The minimum atomic E-state index is 0.131. The minimum Gasteiger partial charge on any atom is -0.493 e. The Morgan fingerprint density at radius 2 is 2.05 bits per heavy atom. The molecule has 2 heterocycles. The molecule has 1 atom stereocenters. The van der Waals surface area contributed by atoms with Gasteiger partial charge in [0.15, 0.2) is 0 Å². The van der Waals surface area contributed by atoms with Gasteiger partial charge in [0.25, 0.3) is 0 Å². The van der Waals surface area contributed by atoms with Crippen LogP contribution in [-0.4, -0.2) is 13.7 Å². The molecular weight excluding hydrogens is 470 g/mol. The lowest BCUT2D eigenvalue weighted by Crippen LogP contribution is -2.17. The number of ether oxygens (including phenoxy) is 1. The second-order valence-electron chi connectivity index (χ2n) is 4.57. The van der Waals surface area contributed by atoms with Crippen molar-refractivity contribution in [1.29, 1.82) is 0 Å². The maximum Gasteiger partial charge on any atom is 0.127 e. The predicted molar refractivity (Wildman–Crippen MR) is 94.0 cm³/mol. The third-order valence-corrected chi connectivity index (χ3v) is 7.10. The fourth-order valence-corrected chi connectivity index (χ4v) is 5.21. The fraction of sp³-hybridized carbons (Fsp3) is 0.286. The van der Waals surface area contributed by atoms with E-state index in [0.29, 0.717) is 0 Å². The molecule has 1 aromatic carbocycles. The molecule has 1 unspecified atom stereocenters. The van der Waals surface area contributed by atoms with Crippen LogP contribution in [0, 0.1) is 0 Å². The second kappa shape index (κ2) is 6.08. The summed E-state index contributed by atoms with van der Waals surface area (Å²) in [4.78, 5) is 1.25. The zero-order valence-electron chi connectivity index (χ0n) is 10.7. The molecule has 0 spiro atoms. The molecule has 1 aliphatic heterocycles. The zero-order valence-corrected chi connectivity index (χ0v) is 16.2. The molecule has 0 fully saturated rings. The van der Waals surface area contributed by atoms with Crippen LogP contribution in [0.1, 0.15) is 22.0 Å². The largest absolute Gasteiger partial charge is 0.493 e. The molecule has 0 saturated carbocycles. The molecule has 1 N–H and O–H groups in total. The molecule has 2 nitrogen and oxygen atoms in total. The first kappa shape index (κ1) is 15.0. The molecule has 1 aliphatic rings. The Morgan fingerprint density at radius 3 is 2.70 bits per heavy atom. The summed E-state index contributed by atoms with van der Waals surface area (Å²) in [7, 11) is 1.98. The molecule has 20 heavy (non-hydrogen) atoms. The molecule has 1 aromatic heterocycles. The number of rotatable bonds is 3. The Bertz CT molecular complexity index is 637. The summed E-state index contributed by atoms with van der Waals surface area (Å²) in [6.07, 6.45) is 0.982. The topological polar surface area (TPSA) is 21.3 Å². The van der Waals surface area contributed by atoms with E-state index in [2.05, 4.69) is 71.3 Å². The first-order valence-electron chi connectivity index (χ1n) is 6.17. The predicted octanol–water partition coefficient (Wildman–Crippen LogP) is 5.28. The molecule has 0 radical (unpaired) electrons. The summed E-state index contributed by atoms with van der Waals surface area (Å²) in [5.41, 5.74) is 2.47. The van der Waals surface area contributed by atoms with Crippen LogP contribution in [0.3, 0.4) is 0 Å². The van der Waals surface area contributed by atoms with Gasteiger partial charge in [0.2, 0.25) is 0 Å². The van der Waals surface area contributed by atoms with Crippen molar-refractivity contribution in [3.8, 4) is 5.75 Å². The third-order valence-electron chi connectivity index (χ3n) is 3.33. The van der Waals surface area contributed by atoms with E-state index in [1.54, 1.807) is 11.3 Å². The van der Waals surface area contributed by atoms with Crippen LogP contribution in [0.5, 0.6) is 5.75 Å². The van der Waals surface area contributed by atoms with E-state index in [-0.39, 0.29) is 6.04 Å². The molecule has 0 aliphatic carbocycles. The van der Waals surface area contributed by atoms with E-state index in [4.69, 9.17) is 4.74 Å². The van der Waals surface area contributed by atoms with Crippen LogP contribution in [0.15, 0.2) is 30.9 Å². The van der Waals surface area contributed by atoms with Crippen molar-refractivity contribution in [3.63, 3.8) is 0 Å². The highest BCUT2D eigenvalue weighted by Gasteiger charge is 2.25. The standard InChI is InChI=1S/C14H12Br3NOS/c1-18-12(11-6-10(16)14(17)20-11)9-5-8(15)4-7-2-3-19-13(7)9/h4-6,12,18H,2-3H2,1H3. The van der Waals surface area contributed by atoms with Gasteiger partial charge >= 0.3 is 0 Å². The van der Waals surface area contributed by atoms with Gasteiger partial charge in [0, 0.05) is 25.8 Å². The average Bonchev–Trinajstić information content (AvgIpc) is 2.98. The van der Waals surface area contributed by atoms with Crippen LogP contribution in [-0.2, 0) is 6.42 Å². The first-order chi connectivity index (χ1) is 9.60. The number of thiophene rings is 1. The van der Waals surface area contributed by atoms with Crippen molar-refractivity contribution in [1.82, 2.24) is 5.32 Å². The van der Waals surface area contributed by atoms with Crippen LogP contribution in [0.2, 0.25) is 0 Å². The van der Waals surface area contributed by atoms with Crippen molar-refractivity contribution in [2.75, 3.05) is 13.7 Å². The number of hydrogen-bond acceptors (Lipinski definition) is 3. The minimum absolute atomic E-state index is 0.131. The summed E-state index contributed by atoms with van der Waals surface area (Å²) < 4.78 is 9.15. The van der Waals surface area contributed by atoms with Gasteiger partial charge in [-0.05, 0) is 62.7 Å². The molecular formula is C14H12Br3NOS. The van der Waals surface area contributed by atoms with Gasteiger partial charge in [0.1, 0.15) is 5.75 Å². The summed E-state index contributed by atoms with van der Waals surface area (Å²) >= 11 is 12.5. The molecule has 3 rings (SSSR count). The summed E-state index contributed by atoms with van der Waals surface area (Å²) in [5, 5.41) is 3.40. The summed E-state index contributed by atoms with van der Waals surface area (Å²) in [6.45, 7) is 0.771. The van der Waals surface area contributed by atoms with Crippen molar-refractivity contribution < 1.29 is 4.74 Å². The maximum absolute atomic E-state index is 5.85. The molecule has 0 saturated heterocycles. The number of fused-ring (bicyclic) bond motifs is 1. The monoisotopic (exact) mass is 479 g/mol. The van der Waals surface area contributed by atoms with Gasteiger partial charge in [-0.2, -0.15) is 0 Å².